The van der Waals surface area contributed by atoms with E-state index >= 15 is 0 Å². The van der Waals surface area contributed by atoms with Crippen molar-refractivity contribution in [1.82, 2.24) is 0 Å². The van der Waals surface area contributed by atoms with Crippen molar-refractivity contribution in [1.29, 1.82) is 0 Å². The molecule has 3 radical (unpaired) electrons. The van der Waals surface area contributed by atoms with Gasteiger partial charge in [-0.15, -0.1) is 0 Å². The Morgan fingerprint density at radius 2 is 1.05 bits per heavy atom. The van der Waals surface area contributed by atoms with Crippen LogP contribution in [0.15, 0.2) is 129 Å². The molecule has 1 N–H and O–H groups in total. The van der Waals surface area contributed by atoms with E-state index in [1.807, 2.05) is 30.3 Å². The predicted octanol–water partition coefficient (Wildman–Crippen LogP) is 5.24. The molecule has 0 aliphatic rings. The van der Waals surface area contributed by atoms with Gasteiger partial charge in [0.2, 0.25) is 5.78 Å². The first-order valence-corrected chi connectivity index (χ1v) is 16.8. The Morgan fingerprint density at radius 3 is 1.49 bits per heavy atom. The molecule has 0 spiro atoms. The van der Waals surface area contributed by atoms with E-state index in [-0.39, 0.29) is 62.5 Å². The fraction of sp³-hybridized carbons (Fsp3) is 0.167. The maximum atomic E-state index is 12.1. The zero-order chi connectivity index (χ0) is 40.5. The van der Waals surface area contributed by atoms with Gasteiger partial charge in [-0.3, -0.25) is 9.59 Å². The van der Waals surface area contributed by atoms with Crippen LogP contribution in [0, 0.1) is 20.8 Å². The standard InChI is InChI=1S/C14H14O4.C14H12O4.C7H5ClO.C7H8O3.B.Na.H/c2*1-9-11(14(16)17-2)8-12(18-9)13(15)10-6-4-3-5-7-10;8-7(9)6-4-2-1-3-5-6;1-5-6(3-4-10-5)7(8)9-2;;;/h3-8,13,15H,1-2H3;3-8H,1-2H3;1-5H;3-4H,1-2H3;;;/q;;;;;+1;-1. The largest absolute Gasteiger partial charge is 1.00 e. The number of furan rings is 3. The summed E-state index contributed by atoms with van der Waals surface area (Å²) in [6.45, 7) is 4.99. The summed E-state index contributed by atoms with van der Waals surface area (Å²) in [4.78, 5) is 56.2. The minimum atomic E-state index is -0.886. The van der Waals surface area contributed by atoms with Crippen LogP contribution in [-0.2, 0) is 14.2 Å². The van der Waals surface area contributed by atoms with Crippen molar-refractivity contribution in [2.24, 2.45) is 0 Å². The average molecular weight is 806 g/mol. The molecule has 6 rings (SSSR count). The molecule has 3 aromatic carbocycles. The first-order chi connectivity index (χ1) is 26.3. The first-order valence-electron chi connectivity index (χ1n) is 16.4. The summed E-state index contributed by atoms with van der Waals surface area (Å²) >= 11 is 5.16. The summed E-state index contributed by atoms with van der Waals surface area (Å²) in [6, 6.07) is 31.1. The van der Waals surface area contributed by atoms with Crippen LogP contribution in [0.5, 0.6) is 0 Å². The summed E-state index contributed by atoms with van der Waals surface area (Å²) in [7, 11) is 3.93. The molecule has 0 saturated heterocycles. The fourth-order valence-corrected chi connectivity index (χ4v) is 4.79. The van der Waals surface area contributed by atoms with E-state index in [4.69, 9.17) is 24.9 Å². The van der Waals surface area contributed by atoms with Crippen LogP contribution in [0.3, 0.4) is 0 Å². The normalized spacial score (nSPS) is 10.1. The summed E-state index contributed by atoms with van der Waals surface area (Å²) in [5.41, 5.74) is 2.87. The van der Waals surface area contributed by atoms with Gasteiger partial charge in [-0.05, 0) is 50.1 Å². The van der Waals surface area contributed by atoms with Gasteiger partial charge in [-0.1, -0.05) is 91.0 Å². The number of hydrogen-bond acceptors (Lipinski definition) is 12. The Labute approximate surface area is 360 Å². The number of aliphatic hydroxyl groups excluding tert-OH is 1. The molecule has 0 bridgehead atoms. The minimum absolute atomic E-state index is 0. The van der Waals surface area contributed by atoms with E-state index in [1.54, 1.807) is 87.5 Å². The van der Waals surface area contributed by atoms with Crippen molar-refractivity contribution >= 4 is 48.9 Å². The molecule has 15 heteroatoms. The second-order valence-electron chi connectivity index (χ2n) is 11.2. The molecule has 3 heterocycles. The van der Waals surface area contributed by atoms with Crippen LogP contribution in [0.2, 0.25) is 0 Å². The van der Waals surface area contributed by atoms with E-state index < -0.39 is 23.3 Å². The number of methoxy groups -OCH3 is 3. The van der Waals surface area contributed by atoms with Crippen LogP contribution in [0.25, 0.3) is 0 Å². The topological polar surface area (TPSA) is 173 Å². The van der Waals surface area contributed by atoms with Gasteiger partial charge in [0.1, 0.15) is 45.8 Å². The van der Waals surface area contributed by atoms with Crippen molar-refractivity contribution in [2.75, 3.05) is 21.3 Å². The van der Waals surface area contributed by atoms with Crippen molar-refractivity contribution in [2.45, 2.75) is 26.9 Å². The molecule has 6 aromatic rings. The number of ketones is 1. The minimum Gasteiger partial charge on any atom is -1.00 e. The van der Waals surface area contributed by atoms with Gasteiger partial charge >= 0.3 is 47.5 Å². The maximum absolute atomic E-state index is 12.1. The number of ether oxygens (including phenoxy) is 3. The van der Waals surface area contributed by atoms with E-state index in [0.717, 1.165) is 0 Å². The molecular formula is C42H40BClNaO12. The van der Waals surface area contributed by atoms with E-state index in [1.165, 1.54) is 39.7 Å². The van der Waals surface area contributed by atoms with Crippen molar-refractivity contribution in [3.05, 3.63) is 178 Å². The molecule has 0 aliphatic heterocycles. The van der Waals surface area contributed by atoms with Crippen LogP contribution in [0.4, 0.5) is 0 Å². The number of halogens is 1. The Morgan fingerprint density at radius 1 is 0.614 bits per heavy atom. The third-order valence-corrected chi connectivity index (χ3v) is 7.79. The Balaban J connectivity index is 0.000000765. The van der Waals surface area contributed by atoms with E-state index in [0.29, 0.717) is 50.9 Å². The van der Waals surface area contributed by atoms with E-state index in [2.05, 4.69) is 14.2 Å². The van der Waals surface area contributed by atoms with Crippen LogP contribution in [0.1, 0.15) is 93.7 Å². The van der Waals surface area contributed by atoms with E-state index in [9.17, 15) is 29.1 Å². The van der Waals surface area contributed by atoms with Gasteiger partial charge in [0, 0.05) is 25.6 Å². The number of esters is 3. The van der Waals surface area contributed by atoms with Crippen molar-refractivity contribution in [3.8, 4) is 0 Å². The molecule has 0 saturated carbocycles. The number of carbonyl (C=O) groups is 5. The van der Waals surface area contributed by atoms with Gasteiger partial charge in [0.15, 0.2) is 5.76 Å². The third kappa shape index (κ3) is 14.5. The van der Waals surface area contributed by atoms with Crippen LogP contribution in [-0.4, -0.2) is 63.8 Å². The molecule has 3 aromatic heterocycles. The van der Waals surface area contributed by atoms with Gasteiger partial charge in [-0.25, -0.2) is 14.4 Å². The molecular weight excluding hydrogens is 766 g/mol. The summed E-state index contributed by atoms with van der Waals surface area (Å²) in [6.07, 6.45) is 0.574. The monoisotopic (exact) mass is 805 g/mol. The molecule has 0 amide bonds. The Bertz CT molecular complexity index is 2190. The summed E-state index contributed by atoms with van der Waals surface area (Å²) in [5, 5.41) is 9.73. The van der Waals surface area contributed by atoms with Gasteiger partial charge in [0.25, 0.3) is 5.24 Å². The summed E-state index contributed by atoms with van der Waals surface area (Å²) in [5.74, 6) is 0.282. The zero-order valence-corrected chi connectivity index (χ0v) is 35.2. The van der Waals surface area contributed by atoms with Crippen LogP contribution < -0.4 is 29.6 Å². The Hall–Kier alpha value is -5.44. The number of rotatable bonds is 8. The Kier molecular flexibility index (Phi) is 21.7. The molecule has 0 fully saturated rings. The quantitative estimate of drug-likeness (QED) is 0.0699. The first kappa shape index (κ1) is 49.6. The number of hydrogen-bond donors (Lipinski definition) is 1. The van der Waals surface area contributed by atoms with Gasteiger partial charge < -0.3 is 34.0 Å². The van der Waals surface area contributed by atoms with Gasteiger partial charge in [0.05, 0.1) is 27.6 Å². The number of aryl methyl sites for hydroxylation is 3. The zero-order valence-electron chi connectivity index (χ0n) is 33.4. The smallest absolute Gasteiger partial charge is 1.00 e. The number of benzene rings is 3. The maximum Gasteiger partial charge on any atom is 1.00 e. The average Bonchev–Trinajstić information content (AvgIpc) is 3.95. The molecule has 291 valence electrons. The molecule has 1 atom stereocenters. The van der Waals surface area contributed by atoms with Crippen molar-refractivity contribution < 1.29 is 87.5 Å². The molecule has 1 unspecified atom stereocenters. The summed E-state index contributed by atoms with van der Waals surface area (Å²) < 4.78 is 29.3. The van der Waals surface area contributed by atoms with Gasteiger partial charge in [-0.2, -0.15) is 0 Å². The van der Waals surface area contributed by atoms with Crippen molar-refractivity contribution in [3.63, 3.8) is 0 Å². The molecule has 12 nitrogen and oxygen atoms in total. The third-order valence-electron chi connectivity index (χ3n) is 7.57. The number of aliphatic hydroxyl groups is 1. The van der Waals surface area contributed by atoms with Crippen LogP contribution >= 0.6 is 11.6 Å². The molecule has 0 aliphatic carbocycles. The second kappa shape index (κ2) is 24.9. The predicted molar refractivity (Wildman–Crippen MR) is 208 cm³/mol. The second-order valence-corrected chi connectivity index (χ2v) is 11.6. The number of carbonyl (C=O) groups excluding carboxylic acids is 5. The molecule has 57 heavy (non-hydrogen) atoms. The fourth-order valence-electron chi connectivity index (χ4n) is 4.67. The SMILES string of the molecule is COC(=O)c1cc(C(=O)c2ccccc2)oc1C.COC(=O)c1cc(C(O)c2ccccc2)oc1C.COC(=O)c1ccoc1C.O=C(Cl)c1ccccc1.[B].[H-].[Na+].